The third kappa shape index (κ3) is 7.18. The predicted molar refractivity (Wildman–Crippen MR) is 246 cm³/mol. The molecule has 1 saturated heterocycles. The monoisotopic (exact) mass is 873 g/mol. The lowest BCUT2D eigenvalue weighted by molar-refractivity contribution is 0.460. The second kappa shape index (κ2) is 16.8. The number of para-hydroxylation sites is 2. The van der Waals surface area contributed by atoms with E-state index in [0.29, 0.717) is 47.9 Å². The summed E-state index contributed by atoms with van der Waals surface area (Å²) in [6, 6.07) is 14.4. The number of aromatic nitrogens is 12. The maximum Gasteiger partial charge on any atom is 0.332 e. The molecule has 2 aromatic carbocycles. The largest absolute Gasteiger partial charge is 0.340 e. The topological polar surface area (TPSA) is 211 Å². The lowest BCUT2D eigenvalue weighted by atomic mass is 10.1. The van der Waals surface area contributed by atoms with Crippen LogP contribution in [0.2, 0.25) is 0 Å². The quantitative estimate of drug-likeness (QED) is 0.110. The molecule has 65 heavy (non-hydrogen) atoms. The van der Waals surface area contributed by atoms with Gasteiger partial charge in [-0.3, -0.25) is 37.0 Å². The van der Waals surface area contributed by atoms with Gasteiger partial charge in [0.2, 0.25) is 11.9 Å². The molecule has 1 aliphatic heterocycles. The van der Waals surface area contributed by atoms with E-state index in [2.05, 4.69) is 48.9 Å². The van der Waals surface area contributed by atoms with Crippen molar-refractivity contribution in [1.82, 2.24) is 57.3 Å². The summed E-state index contributed by atoms with van der Waals surface area (Å²) in [5.74, 6) is 12.8. The van der Waals surface area contributed by atoms with Crippen LogP contribution in [-0.4, -0.2) is 76.4 Å². The summed E-state index contributed by atoms with van der Waals surface area (Å²) in [4.78, 5) is 99.7. The number of aryl methyl sites for hydroxylation is 4. The molecule has 0 unspecified atom stereocenters. The average Bonchev–Trinajstić information content (AvgIpc) is 3.89. The van der Waals surface area contributed by atoms with Gasteiger partial charge in [-0.2, -0.15) is 15.0 Å². The van der Waals surface area contributed by atoms with Crippen molar-refractivity contribution in [2.24, 2.45) is 19.4 Å². The van der Waals surface area contributed by atoms with E-state index >= 15 is 0 Å². The number of nitroso groups, excluding NO2 is 1. The number of nitrogens with zero attached hydrogens (tertiary/aromatic N) is 15. The van der Waals surface area contributed by atoms with Crippen LogP contribution in [0.15, 0.2) is 73.0 Å². The number of anilines is 2. The molecule has 0 N–H and O–H groups in total. The number of fused-ring (bicyclic) bond motifs is 4. The molecule has 20 heteroatoms. The second-order valence-electron chi connectivity index (χ2n) is 15.8. The van der Waals surface area contributed by atoms with E-state index in [1.54, 1.807) is 25.5 Å². The third-order valence-electron chi connectivity index (χ3n) is 11.8. The molecule has 1 atom stereocenters. The number of hydrogen-bond acceptors (Lipinski definition) is 13. The minimum absolute atomic E-state index is 0.0223. The Morgan fingerprint density at radius 3 is 1.72 bits per heavy atom. The maximum atomic E-state index is 14.4. The van der Waals surface area contributed by atoms with Gasteiger partial charge in [-0.25, -0.2) is 29.5 Å². The minimum atomic E-state index is -0.658. The maximum absolute atomic E-state index is 14.4. The number of benzene rings is 2. The van der Waals surface area contributed by atoms with Crippen LogP contribution < -0.4 is 32.4 Å². The van der Waals surface area contributed by atoms with Crippen LogP contribution >= 0.6 is 0 Å². The Morgan fingerprint density at radius 1 is 0.677 bits per heavy atom. The van der Waals surface area contributed by atoms with Crippen LogP contribution in [0.1, 0.15) is 49.7 Å². The van der Waals surface area contributed by atoms with E-state index in [4.69, 9.17) is 9.97 Å². The molecule has 1 aliphatic rings. The van der Waals surface area contributed by atoms with Gasteiger partial charge in [-0.15, -0.1) is 16.7 Å². The molecule has 0 radical (unpaired) electrons. The Kier molecular flexibility index (Phi) is 10.9. The van der Waals surface area contributed by atoms with Crippen LogP contribution in [0.25, 0.3) is 44.1 Å². The molecule has 6 aromatic heterocycles. The third-order valence-corrected chi connectivity index (χ3v) is 11.8. The highest BCUT2D eigenvalue weighted by Crippen LogP contribution is 2.29. The Labute approximate surface area is 369 Å². The summed E-state index contributed by atoms with van der Waals surface area (Å²) in [6.07, 6.45) is 1.05. The molecule has 1 fully saturated rings. The lowest BCUT2D eigenvalue weighted by Gasteiger charge is -2.36. The van der Waals surface area contributed by atoms with Crippen molar-refractivity contribution in [3.63, 3.8) is 0 Å². The lowest BCUT2D eigenvalue weighted by Crippen LogP contribution is -2.47. The van der Waals surface area contributed by atoms with Crippen molar-refractivity contribution in [2.45, 2.75) is 72.8 Å². The normalized spacial score (nSPS) is 13.9. The second-order valence-corrected chi connectivity index (χ2v) is 15.8. The first kappa shape index (κ1) is 42.1. The number of hydrogen-bond donors (Lipinski definition) is 0. The highest BCUT2D eigenvalue weighted by molar-refractivity contribution is 5.81. The van der Waals surface area contributed by atoms with E-state index in [9.17, 15) is 24.1 Å². The van der Waals surface area contributed by atoms with E-state index in [-0.39, 0.29) is 66.8 Å². The molecule has 8 aromatic rings. The fourth-order valence-corrected chi connectivity index (χ4v) is 8.65. The standard InChI is InChI=1S/C45H43N15O5/c1-7-9-22-56-36-38(53(5)44(63)58(40(36)61)25-34-46-27(3)30-17-11-13-19-32(30)48-34)50-42(56)55-21-15-16-29(24-55)60(52-65)43-51-39-37(57(43)23-10-8-2)41(62)59(45(64)54(39)6)26-35-47-28(4)31-18-12-14-20-33(31)49-35/h11-14,17-20,29H,15-16,21-26H2,1-6H3/t29-/m1/s1. The number of imidazole rings is 2. The van der Waals surface area contributed by atoms with Crippen molar-refractivity contribution < 1.29 is 0 Å². The smallest absolute Gasteiger partial charge is 0.332 e. The number of piperidine rings is 1. The molecule has 7 heterocycles. The van der Waals surface area contributed by atoms with Gasteiger partial charge in [-0.05, 0) is 52.7 Å². The molecule has 0 bridgehead atoms. The Morgan fingerprint density at radius 2 is 1.18 bits per heavy atom. The Balaban J connectivity index is 1.11. The van der Waals surface area contributed by atoms with Crippen LogP contribution in [0.4, 0.5) is 11.9 Å². The molecular weight excluding hydrogens is 831 g/mol. The number of rotatable bonds is 10. The van der Waals surface area contributed by atoms with Crippen molar-refractivity contribution in [3.05, 3.63) is 118 Å². The fraction of sp³-hybridized carbons (Fsp3) is 0.333. The van der Waals surface area contributed by atoms with Crippen LogP contribution in [-0.2, 0) is 40.3 Å². The van der Waals surface area contributed by atoms with Crippen LogP contribution in [0.3, 0.4) is 0 Å². The highest BCUT2D eigenvalue weighted by Gasteiger charge is 2.34. The molecule has 0 saturated carbocycles. The van der Waals surface area contributed by atoms with Gasteiger partial charge in [0.1, 0.15) is 11.6 Å². The zero-order valence-corrected chi connectivity index (χ0v) is 36.6. The zero-order chi connectivity index (χ0) is 45.7. The SMILES string of the molecule is CC#CCn1c(N2CCC[C@@H](N(N=O)c3nc4c(c(=O)n(Cc5nc(C)c6ccccc6n5)c(=O)n4C)n3CC#CC)C2)nc2c1c(=O)n(Cc1nc(C)c3ccccc3n1)c(=O)n2C. The summed E-state index contributed by atoms with van der Waals surface area (Å²) in [7, 11) is 3.05. The van der Waals surface area contributed by atoms with E-state index in [1.807, 2.05) is 67.3 Å². The predicted octanol–water partition coefficient (Wildman–Crippen LogP) is 2.91. The van der Waals surface area contributed by atoms with Gasteiger partial charge in [0.05, 0.1) is 48.5 Å². The van der Waals surface area contributed by atoms with Crippen molar-refractivity contribution in [1.29, 1.82) is 0 Å². The van der Waals surface area contributed by atoms with Gasteiger partial charge in [0, 0.05) is 49.3 Å². The summed E-state index contributed by atoms with van der Waals surface area (Å²) in [5, 5.41) is 6.40. The molecular formula is C45H43N15O5. The minimum Gasteiger partial charge on any atom is -0.340 e. The van der Waals surface area contributed by atoms with Crippen molar-refractivity contribution in [3.8, 4) is 23.7 Å². The zero-order valence-electron chi connectivity index (χ0n) is 36.6. The highest BCUT2D eigenvalue weighted by atomic mass is 16.3. The molecule has 0 amide bonds. The molecule has 20 nitrogen and oxygen atoms in total. The van der Waals surface area contributed by atoms with Crippen molar-refractivity contribution >= 4 is 56.0 Å². The Hall–Kier alpha value is -8.26. The summed E-state index contributed by atoms with van der Waals surface area (Å²) in [5.41, 5.74) is 0.734. The van der Waals surface area contributed by atoms with Crippen LogP contribution in [0, 0.1) is 42.4 Å². The molecule has 0 spiro atoms. The first-order chi connectivity index (χ1) is 31.4. The average molecular weight is 874 g/mol. The fourth-order valence-electron chi connectivity index (χ4n) is 8.65. The van der Waals surface area contributed by atoms with E-state index in [0.717, 1.165) is 25.6 Å². The van der Waals surface area contributed by atoms with Crippen LogP contribution in [0.5, 0.6) is 0 Å². The van der Waals surface area contributed by atoms with E-state index in [1.165, 1.54) is 25.8 Å². The molecule has 9 rings (SSSR count). The van der Waals surface area contributed by atoms with Gasteiger partial charge in [0.25, 0.3) is 11.1 Å². The first-order valence-corrected chi connectivity index (χ1v) is 20.9. The Bertz CT molecular complexity index is 3650. The molecule has 0 aliphatic carbocycles. The van der Waals surface area contributed by atoms with E-state index < -0.39 is 28.5 Å². The van der Waals surface area contributed by atoms with Gasteiger partial charge in [0.15, 0.2) is 22.3 Å². The van der Waals surface area contributed by atoms with Gasteiger partial charge < -0.3 is 4.90 Å². The summed E-state index contributed by atoms with van der Waals surface area (Å²) >= 11 is 0. The first-order valence-electron chi connectivity index (χ1n) is 20.9. The summed E-state index contributed by atoms with van der Waals surface area (Å²) in [6.45, 7) is 7.34. The summed E-state index contributed by atoms with van der Waals surface area (Å²) < 4.78 is 7.92. The van der Waals surface area contributed by atoms with Gasteiger partial charge >= 0.3 is 11.4 Å². The molecule has 328 valence electrons. The van der Waals surface area contributed by atoms with Gasteiger partial charge in [-0.1, -0.05) is 48.2 Å². The van der Waals surface area contributed by atoms with Crippen molar-refractivity contribution in [2.75, 3.05) is 23.0 Å².